The van der Waals surface area contributed by atoms with Gasteiger partial charge in [-0.2, -0.15) is 10.5 Å². The smallest absolute Gasteiger partial charge is 0.166 e. The van der Waals surface area contributed by atoms with E-state index in [2.05, 4.69) is 100 Å². The summed E-state index contributed by atoms with van der Waals surface area (Å²) < 4.78 is 4.44. The van der Waals surface area contributed by atoms with Gasteiger partial charge in [0.2, 0.25) is 0 Å². The molecule has 16 aromatic carbocycles. The van der Waals surface area contributed by atoms with Gasteiger partial charge in [-0.15, -0.1) is 0 Å². The number of nitrogens with zero attached hydrogens (tertiary/aromatic N) is 19. The third-order valence-electron chi connectivity index (χ3n) is 23.5. The van der Waals surface area contributed by atoms with Crippen molar-refractivity contribution in [2.24, 2.45) is 0 Å². The van der Waals surface area contributed by atoms with Crippen LogP contribution in [0.3, 0.4) is 0 Å². The number of nitriles is 2. The SMILES string of the molecule is N#Cc1ccc(-c2ccc(-n3c4ccc(-c5nc(-c6ccccc6)nc(-c6ccccc6)n5)cc4c4cc(-c5nc(-c6ccccc6)nc(-c6ccccc6)n5)ccc43)c(-c3nc(-c4ccccc4)nc(-c4ccc(C#N)cc4-n4c5ccc(-c6nc(-c7ccccc7)nc(-c7ccccc7)n6)cc5c5cc(-c6nc(-c7ccccc7)nc(-c7ccccc7)n6)ccc54)n3)c2)cc1. The first-order valence-corrected chi connectivity index (χ1v) is 42.9. The van der Waals surface area contributed by atoms with E-state index in [0.29, 0.717) is 121 Å². The van der Waals surface area contributed by atoms with Gasteiger partial charge < -0.3 is 9.13 Å². The average Bonchev–Trinajstić information content (AvgIpc) is 1.42. The first kappa shape index (κ1) is 77.9. The van der Waals surface area contributed by atoms with E-state index in [-0.39, 0.29) is 0 Å². The van der Waals surface area contributed by atoms with E-state index in [1.54, 1.807) is 6.07 Å². The Kier molecular flexibility index (Phi) is 19.8. The molecule has 0 saturated carbocycles. The van der Waals surface area contributed by atoms with Crippen LogP contribution in [0, 0.1) is 22.7 Å². The monoisotopic (exact) mass is 1690 g/mol. The van der Waals surface area contributed by atoms with Gasteiger partial charge in [0, 0.05) is 105 Å². The fraction of sp³-hybridized carbons (Fsp3) is 0. The molecule has 7 heterocycles. The van der Waals surface area contributed by atoms with Gasteiger partial charge >= 0.3 is 0 Å². The number of hydrogen-bond donors (Lipinski definition) is 0. The van der Waals surface area contributed by atoms with Crippen molar-refractivity contribution in [2.75, 3.05) is 0 Å². The molecule has 0 spiro atoms. The summed E-state index contributed by atoms with van der Waals surface area (Å²) in [6.45, 7) is 0. The predicted molar refractivity (Wildman–Crippen MR) is 518 cm³/mol. The van der Waals surface area contributed by atoms with E-state index < -0.39 is 0 Å². The Morgan fingerprint density at radius 1 is 0.152 bits per heavy atom. The lowest BCUT2D eigenvalue weighted by molar-refractivity contribution is 1.06. The lowest BCUT2D eigenvalue weighted by Crippen LogP contribution is -2.06. The highest BCUT2D eigenvalue weighted by Crippen LogP contribution is 2.45. The van der Waals surface area contributed by atoms with E-state index in [1.165, 1.54) is 0 Å². The second-order valence-corrected chi connectivity index (χ2v) is 31.7. The third-order valence-corrected chi connectivity index (χ3v) is 23.5. The zero-order valence-corrected chi connectivity index (χ0v) is 70.2. The van der Waals surface area contributed by atoms with Crippen molar-refractivity contribution in [1.29, 1.82) is 10.5 Å². The van der Waals surface area contributed by atoms with Crippen molar-refractivity contribution in [3.05, 3.63) is 418 Å². The summed E-state index contributed by atoms with van der Waals surface area (Å²) in [5.74, 6) is 7.00. The third kappa shape index (κ3) is 14.9. The van der Waals surface area contributed by atoms with E-state index in [0.717, 1.165) is 127 Å². The summed E-state index contributed by atoms with van der Waals surface area (Å²) in [4.78, 5) is 79.4. The van der Waals surface area contributed by atoms with Gasteiger partial charge in [0.1, 0.15) is 0 Å². The number of fused-ring (bicyclic) bond motifs is 6. The molecule has 23 rings (SSSR count). The molecule has 0 saturated heterocycles. The molecular weight excluding hydrogens is 1620 g/mol. The van der Waals surface area contributed by atoms with Gasteiger partial charge in [0.05, 0.1) is 56.7 Å². The topological polar surface area (TPSA) is 251 Å². The molecule has 0 aliphatic carbocycles. The van der Waals surface area contributed by atoms with E-state index in [9.17, 15) is 10.5 Å². The Hall–Kier alpha value is -18.9. The van der Waals surface area contributed by atoms with Gasteiger partial charge in [-0.25, -0.2) is 74.8 Å². The minimum Gasteiger partial charge on any atom is -0.308 e. The zero-order chi connectivity index (χ0) is 88.0. The molecule has 0 amide bonds. The lowest BCUT2D eigenvalue weighted by atomic mass is 9.99. The number of aromatic nitrogens is 17. The second kappa shape index (κ2) is 33.6. The molecular formula is C113H67N19. The van der Waals surface area contributed by atoms with Crippen LogP contribution in [0.4, 0.5) is 0 Å². The maximum Gasteiger partial charge on any atom is 0.166 e. The molecule has 23 aromatic rings. The van der Waals surface area contributed by atoms with Gasteiger partial charge in [-0.1, -0.05) is 291 Å². The molecule has 19 heteroatoms. The van der Waals surface area contributed by atoms with Crippen molar-refractivity contribution in [3.8, 4) is 205 Å². The summed E-state index contributed by atoms with van der Waals surface area (Å²) in [5.41, 5.74) is 18.6. The van der Waals surface area contributed by atoms with Crippen molar-refractivity contribution in [3.63, 3.8) is 0 Å². The first-order chi connectivity index (χ1) is 65.3. The molecule has 0 radical (unpaired) electrons. The number of hydrogen-bond acceptors (Lipinski definition) is 17. The van der Waals surface area contributed by atoms with Crippen molar-refractivity contribution >= 4 is 43.6 Å². The van der Waals surface area contributed by atoms with Crippen LogP contribution in [0.2, 0.25) is 0 Å². The van der Waals surface area contributed by atoms with Crippen LogP contribution in [-0.2, 0) is 0 Å². The summed E-state index contributed by atoms with van der Waals surface area (Å²) >= 11 is 0. The fourth-order valence-electron chi connectivity index (χ4n) is 17.0. The molecule has 614 valence electrons. The van der Waals surface area contributed by atoms with E-state index >= 15 is 0 Å². The van der Waals surface area contributed by atoms with Crippen molar-refractivity contribution < 1.29 is 0 Å². The van der Waals surface area contributed by atoms with Crippen LogP contribution in [0.15, 0.2) is 406 Å². The van der Waals surface area contributed by atoms with E-state index in [4.69, 9.17) is 74.8 Å². The van der Waals surface area contributed by atoms with Gasteiger partial charge in [-0.3, -0.25) is 0 Å². The van der Waals surface area contributed by atoms with Crippen LogP contribution >= 0.6 is 0 Å². The van der Waals surface area contributed by atoms with Crippen LogP contribution in [0.5, 0.6) is 0 Å². The van der Waals surface area contributed by atoms with Crippen molar-refractivity contribution in [1.82, 2.24) is 83.9 Å². The largest absolute Gasteiger partial charge is 0.308 e. The van der Waals surface area contributed by atoms with Crippen LogP contribution < -0.4 is 0 Å². The fourth-order valence-corrected chi connectivity index (χ4v) is 17.0. The number of rotatable bonds is 18. The first-order valence-electron chi connectivity index (χ1n) is 42.9. The lowest BCUT2D eigenvalue weighted by Gasteiger charge is -2.18. The maximum absolute atomic E-state index is 11.3. The summed E-state index contributed by atoms with van der Waals surface area (Å²) in [7, 11) is 0. The van der Waals surface area contributed by atoms with E-state index in [1.807, 2.05) is 322 Å². The predicted octanol–water partition coefficient (Wildman–Crippen LogP) is 25.2. The molecule has 0 bridgehead atoms. The highest BCUT2D eigenvalue weighted by molar-refractivity contribution is 6.14. The van der Waals surface area contributed by atoms with Crippen LogP contribution in [0.1, 0.15) is 11.1 Å². The second-order valence-electron chi connectivity index (χ2n) is 31.7. The highest BCUT2D eigenvalue weighted by atomic mass is 15.1. The quantitative estimate of drug-likeness (QED) is 0.0774. The standard InChI is InChI=1S/C113H67N19/c114-68-70-46-49-72(50-47-70)82-51-57-97(131-93-58-52-83(108-120-99(73-28-10-1-11-29-73)116-100(121-108)74-30-12-2-13-31-74)64-88(93)89-65-84(53-59-94(89)131)109-122-101(75-32-14-3-15-33-75)117-102(123-109)76-34-16-4-17-35-76)92(63-82)113-129-107(81-44-26-9-27-45-81)128-112(130-113)87-56-48-71(69-115)62-98(87)132-95-60-54-85(110-124-103(77-36-18-5-19-37-77)118-104(125-110)78-38-20-6-21-39-78)66-90(95)91-67-86(55-61-96(91)132)111-126-105(79-40-22-7-23-41-79)119-106(127-111)80-42-24-8-25-43-80/h1-67H. The minimum absolute atomic E-state index is 0.302. The maximum atomic E-state index is 11.3. The van der Waals surface area contributed by atoms with Crippen molar-refractivity contribution in [2.45, 2.75) is 0 Å². The Morgan fingerprint density at radius 3 is 0.629 bits per heavy atom. The molecule has 0 aliphatic heterocycles. The Labute approximate surface area is 756 Å². The normalized spacial score (nSPS) is 11.3. The molecule has 19 nitrogen and oxygen atoms in total. The molecule has 0 fully saturated rings. The minimum atomic E-state index is 0.302. The number of benzene rings is 16. The Bertz CT molecular complexity index is 7900. The zero-order valence-electron chi connectivity index (χ0n) is 70.2. The van der Waals surface area contributed by atoms with Crippen LogP contribution in [0.25, 0.3) is 237 Å². The van der Waals surface area contributed by atoms with Crippen LogP contribution in [-0.4, -0.2) is 83.9 Å². The summed E-state index contributed by atoms with van der Waals surface area (Å²) in [5, 5.41) is 24.8. The van der Waals surface area contributed by atoms with Gasteiger partial charge in [0.25, 0.3) is 0 Å². The average molecular weight is 1690 g/mol. The Balaban J connectivity index is 0.762. The van der Waals surface area contributed by atoms with Gasteiger partial charge in [-0.05, 0) is 126 Å². The summed E-state index contributed by atoms with van der Waals surface area (Å²) in [6.07, 6.45) is 0. The highest BCUT2D eigenvalue weighted by Gasteiger charge is 2.28. The molecule has 7 aromatic heterocycles. The molecule has 0 aliphatic rings. The molecule has 0 N–H and O–H groups in total. The molecule has 132 heavy (non-hydrogen) atoms. The summed E-state index contributed by atoms with van der Waals surface area (Å²) in [6, 6.07) is 139. The van der Waals surface area contributed by atoms with Gasteiger partial charge in [0.15, 0.2) is 87.4 Å². The molecule has 0 atom stereocenters. The Morgan fingerprint density at radius 2 is 0.364 bits per heavy atom. The molecule has 0 unspecified atom stereocenters.